The summed E-state index contributed by atoms with van der Waals surface area (Å²) in [4.78, 5) is 33.5. The fraction of sp³-hybridized carbons (Fsp3) is 0.192. The Morgan fingerprint density at radius 2 is 1.91 bits per heavy atom. The molecular formula is C26H23N5O3S. The first-order valence-electron chi connectivity index (χ1n) is 11.5. The third kappa shape index (κ3) is 4.09. The van der Waals surface area contributed by atoms with Crippen LogP contribution in [0.4, 0.5) is 21.9 Å². The van der Waals surface area contributed by atoms with E-state index in [4.69, 9.17) is 4.74 Å². The first-order chi connectivity index (χ1) is 17.2. The molecular weight excluding hydrogens is 462 g/mol. The fourth-order valence-electron chi connectivity index (χ4n) is 4.49. The molecule has 1 fully saturated rings. The molecule has 1 unspecified atom stereocenters. The molecule has 2 aliphatic heterocycles. The molecule has 6 rings (SSSR count). The summed E-state index contributed by atoms with van der Waals surface area (Å²) >= 11 is 1.30. The highest BCUT2D eigenvalue weighted by atomic mass is 32.1. The summed E-state index contributed by atoms with van der Waals surface area (Å²) in [5, 5.41) is 10.0. The van der Waals surface area contributed by atoms with E-state index in [1.165, 1.54) is 11.3 Å². The van der Waals surface area contributed by atoms with E-state index in [0.29, 0.717) is 45.0 Å². The van der Waals surface area contributed by atoms with Gasteiger partial charge in [0.15, 0.2) is 0 Å². The van der Waals surface area contributed by atoms with Crippen LogP contribution in [0.25, 0.3) is 10.2 Å². The summed E-state index contributed by atoms with van der Waals surface area (Å²) in [6.45, 7) is 2.50. The number of ether oxygens (including phenoxy) is 1. The number of para-hydroxylation sites is 1. The molecule has 0 aliphatic carbocycles. The number of carbonyl (C=O) groups is 2. The zero-order valence-electron chi connectivity index (χ0n) is 18.8. The standard InChI is InChI=1S/C26H23N5O3S/c32-24(29-15-16-10-12-27-14-16)23-22-21-20(11-13-28-25(21)35-23)31(26(33)30-22)17-6-8-19(9-7-17)34-18-4-2-1-3-5-18/h1-9,11,13,16,27H,10,12,14-15H2,(H,29,32)(H,30,33). The summed E-state index contributed by atoms with van der Waals surface area (Å²) in [6, 6.07) is 18.3. The number of nitrogens with zero attached hydrogens (tertiary/aromatic N) is 2. The normalized spacial score (nSPS) is 16.9. The lowest BCUT2D eigenvalue weighted by molar-refractivity contribution is 0.0953. The molecule has 0 spiro atoms. The molecule has 2 aromatic carbocycles. The average Bonchev–Trinajstić information content (AvgIpc) is 3.53. The molecule has 176 valence electrons. The van der Waals surface area contributed by atoms with Crippen LogP contribution in [0.1, 0.15) is 16.1 Å². The molecule has 4 heterocycles. The van der Waals surface area contributed by atoms with Gasteiger partial charge < -0.3 is 20.7 Å². The number of carbonyl (C=O) groups excluding carboxylic acids is 2. The number of rotatable bonds is 6. The Kier molecular flexibility index (Phi) is 5.55. The number of hydrogen-bond acceptors (Lipinski definition) is 6. The van der Waals surface area contributed by atoms with E-state index in [-0.39, 0.29) is 11.9 Å². The van der Waals surface area contributed by atoms with E-state index >= 15 is 0 Å². The maximum absolute atomic E-state index is 13.2. The van der Waals surface area contributed by atoms with E-state index in [9.17, 15) is 9.59 Å². The van der Waals surface area contributed by atoms with Crippen molar-refractivity contribution in [3.8, 4) is 11.5 Å². The molecule has 2 aliphatic rings. The lowest BCUT2D eigenvalue weighted by atomic mass is 10.1. The maximum atomic E-state index is 13.2. The largest absolute Gasteiger partial charge is 0.457 e. The van der Waals surface area contributed by atoms with E-state index in [1.54, 1.807) is 17.2 Å². The number of amides is 3. The Bertz CT molecular complexity index is 1400. The van der Waals surface area contributed by atoms with Gasteiger partial charge >= 0.3 is 6.03 Å². The Labute approximate surface area is 205 Å². The van der Waals surface area contributed by atoms with Crippen LogP contribution in [0.2, 0.25) is 0 Å². The second-order valence-corrected chi connectivity index (χ2v) is 9.56. The van der Waals surface area contributed by atoms with Crippen molar-refractivity contribution >= 4 is 50.6 Å². The molecule has 0 saturated carbocycles. The van der Waals surface area contributed by atoms with Crippen LogP contribution in [0.15, 0.2) is 66.9 Å². The van der Waals surface area contributed by atoms with E-state index < -0.39 is 0 Å². The zero-order chi connectivity index (χ0) is 23.8. The molecule has 3 amide bonds. The Balaban J connectivity index is 1.29. The first kappa shape index (κ1) is 21.6. The van der Waals surface area contributed by atoms with E-state index in [2.05, 4.69) is 20.9 Å². The van der Waals surface area contributed by atoms with Crippen molar-refractivity contribution in [2.75, 3.05) is 29.9 Å². The molecule has 0 bridgehead atoms. The minimum absolute atomic E-state index is 0.183. The summed E-state index contributed by atoms with van der Waals surface area (Å²) in [6.07, 6.45) is 2.72. The van der Waals surface area contributed by atoms with Crippen molar-refractivity contribution < 1.29 is 14.3 Å². The van der Waals surface area contributed by atoms with Gasteiger partial charge in [0, 0.05) is 12.7 Å². The Hall–Kier alpha value is -3.95. The lowest BCUT2D eigenvalue weighted by Crippen LogP contribution is -2.35. The van der Waals surface area contributed by atoms with Gasteiger partial charge in [0.05, 0.1) is 22.4 Å². The topological polar surface area (TPSA) is 95.6 Å². The molecule has 2 aromatic heterocycles. The monoisotopic (exact) mass is 485 g/mol. The SMILES string of the molecule is O=C(NCC1CCNC1)c1sc2nccc3c2c1NC(=O)N3c1ccc(Oc2ccccc2)cc1. The van der Waals surface area contributed by atoms with Gasteiger partial charge in [-0.1, -0.05) is 18.2 Å². The van der Waals surface area contributed by atoms with Crippen LogP contribution in [-0.4, -0.2) is 36.6 Å². The molecule has 8 nitrogen and oxygen atoms in total. The predicted octanol–water partition coefficient (Wildman–Crippen LogP) is 5.11. The lowest BCUT2D eigenvalue weighted by Gasteiger charge is -2.28. The predicted molar refractivity (Wildman–Crippen MR) is 137 cm³/mol. The average molecular weight is 486 g/mol. The number of benzene rings is 2. The zero-order valence-corrected chi connectivity index (χ0v) is 19.6. The van der Waals surface area contributed by atoms with Gasteiger partial charge in [-0.3, -0.25) is 9.69 Å². The molecule has 0 radical (unpaired) electrons. The van der Waals surface area contributed by atoms with Gasteiger partial charge in [-0.25, -0.2) is 9.78 Å². The number of anilines is 3. The molecule has 1 saturated heterocycles. The Morgan fingerprint density at radius 1 is 1.11 bits per heavy atom. The molecule has 35 heavy (non-hydrogen) atoms. The third-order valence-corrected chi connectivity index (χ3v) is 7.34. The van der Waals surface area contributed by atoms with Crippen molar-refractivity contribution in [2.45, 2.75) is 6.42 Å². The van der Waals surface area contributed by atoms with Crippen LogP contribution >= 0.6 is 11.3 Å². The highest BCUT2D eigenvalue weighted by Crippen LogP contribution is 2.45. The second kappa shape index (κ2) is 9.01. The van der Waals surface area contributed by atoms with Crippen LogP contribution in [0.3, 0.4) is 0 Å². The number of aromatic nitrogens is 1. The molecule has 9 heteroatoms. The van der Waals surface area contributed by atoms with E-state index in [1.807, 2.05) is 54.6 Å². The van der Waals surface area contributed by atoms with Crippen molar-refractivity contribution in [3.63, 3.8) is 0 Å². The van der Waals surface area contributed by atoms with Crippen LogP contribution in [-0.2, 0) is 0 Å². The first-order valence-corrected chi connectivity index (χ1v) is 12.3. The third-order valence-electron chi connectivity index (χ3n) is 6.24. The van der Waals surface area contributed by atoms with Crippen LogP contribution < -0.4 is 25.6 Å². The van der Waals surface area contributed by atoms with Gasteiger partial charge in [0.25, 0.3) is 5.91 Å². The molecule has 4 aromatic rings. The molecule has 3 N–H and O–H groups in total. The van der Waals surface area contributed by atoms with Gasteiger partial charge in [-0.15, -0.1) is 11.3 Å². The number of urea groups is 1. The van der Waals surface area contributed by atoms with Gasteiger partial charge in [-0.2, -0.15) is 0 Å². The van der Waals surface area contributed by atoms with Gasteiger partial charge in [0.1, 0.15) is 21.2 Å². The quantitative estimate of drug-likeness (QED) is 0.353. The number of nitrogens with one attached hydrogen (secondary N) is 3. The number of hydrogen-bond donors (Lipinski definition) is 3. The van der Waals surface area contributed by atoms with Crippen LogP contribution in [0, 0.1) is 5.92 Å². The number of pyridine rings is 1. The Morgan fingerprint density at radius 3 is 2.69 bits per heavy atom. The van der Waals surface area contributed by atoms with Gasteiger partial charge in [0.2, 0.25) is 0 Å². The number of thiophene rings is 1. The summed E-state index contributed by atoms with van der Waals surface area (Å²) < 4.78 is 5.88. The summed E-state index contributed by atoms with van der Waals surface area (Å²) in [7, 11) is 0. The van der Waals surface area contributed by atoms with Crippen LogP contribution in [0.5, 0.6) is 11.5 Å². The highest BCUT2D eigenvalue weighted by molar-refractivity contribution is 7.21. The van der Waals surface area contributed by atoms with Crippen molar-refractivity contribution in [2.24, 2.45) is 5.92 Å². The fourth-order valence-corrected chi connectivity index (χ4v) is 5.53. The minimum atomic E-state index is -0.325. The maximum Gasteiger partial charge on any atom is 0.331 e. The van der Waals surface area contributed by atoms with Gasteiger partial charge in [-0.05, 0) is 67.9 Å². The highest BCUT2D eigenvalue weighted by Gasteiger charge is 2.32. The van der Waals surface area contributed by atoms with E-state index in [0.717, 1.165) is 30.6 Å². The van der Waals surface area contributed by atoms with Crippen molar-refractivity contribution in [1.29, 1.82) is 0 Å². The smallest absolute Gasteiger partial charge is 0.331 e. The summed E-state index contributed by atoms with van der Waals surface area (Å²) in [5.41, 5.74) is 1.91. The summed E-state index contributed by atoms with van der Waals surface area (Å²) in [5.74, 6) is 1.66. The molecule has 1 atom stereocenters. The minimum Gasteiger partial charge on any atom is -0.457 e. The van der Waals surface area contributed by atoms with Crippen molar-refractivity contribution in [1.82, 2.24) is 15.6 Å². The van der Waals surface area contributed by atoms with Crippen molar-refractivity contribution in [3.05, 3.63) is 71.7 Å². The second-order valence-electron chi connectivity index (χ2n) is 8.56.